The predicted molar refractivity (Wildman–Crippen MR) is 109 cm³/mol. The topological polar surface area (TPSA) is 94.8 Å². The van der Waals surface area contributed by atoms with Crippen LogP contribution in [-0.4, -0.2) is 61.9 Å². The van der Waals surface area contributed by atoms with E-state index in [1.807, 2.05) is 6.07 Å². The molecule has 9 heteroatoms. The van der Waals surface area contributed by atoms with Gasteiger partial charge in [0, 0.05) is 39.6 Å². The molecule has 1 aromatic heterocycles. The Hall–Kier alpha value is -1.81. The van der Waals surface area contributed by atoms with Crippen LogP contribution in [0.3, 0.4) is 0 Å². The van der Waals surface area contributed by atoms with Crippen LogP contribution in [0.2, 0.25) is 0 Å². The van der Waals surface area contributed by atoms with Crippen LogP contribution >= 0.6 is 0 Å². The number of methoxy groups -OCH3 is 1. The highest BCUT2D eigenvalue weighted by Crippen LogP contribution is 2.39. The predicted octanol–water partition coefficient (Wildman–Crippen LogP) is 2.45. The highest BCUT2D eigenvalue weighted by Gasteiger charge is 2.43. The number of rotatable bonds is 7. The summed E-state index contributed by atoms with van der Waals surface area (Å²) in [6, 6.07) is 8.64. The van der Waals surface area contributed by atoms with Crippen LogP contribution in [0, 0.1) is 5.92 Å². The fourth-order valence-electron chi connectivity index (χ4n) is 4.44. The molecule has 30 heavy (non-hydrogen) atoms. The first-order valence-electron chi connectivity index (χ1n) is 10.5. The van der Waals surface area contributed by atoms with Crippen LogP contribution in [-0.2, 0) is 32.3 Å². The van der Waals surface area contributed by atoms with Crippen molar-refractivity contribution in [1.82, 2.24) is 14.4 Å². The molecule has 3 heterocycles. The molecule has 1 aromatic carbocycles. The molecule has 1 unspecified atom stereocenters. The van der Waals surface area contributed by atoms with Gasteiger partial charge in [-0.2, -0.15) is 9.29 Å². The van der Waals surface area contributed by atoms with Gasteiger partial charge in [0.15, 0.2) is 5.82 Å². The zero-order valence-electron chi connectivity index (χ0n) is 17.3. The normalized spacial score (nSPS) is 22.4. The second-order valence-corrected chi connectivity index (χ2v) is 10.1. The van der Waals surface area contributed by atoms with E-state index in [1.165, 1.54) is 0 Å². The van der Waals surface area contributed by atoms with Gasteiger partial charge in [0.25, 0.3) is 0 Å². The highest BCUT2D eigenvalue weighted by molar-refractivity contribution is 7.89. The van der Waals surface area contributed by atoms with E-state index in [0.717, 1.165) is 19.3 Å². The van der Waals surface area contributed by atoms with E-state index in [-0.39, 0.29) is 5.60 Å². The minimum Gasteiger partial charge on any atom is -0.384 e. The number of nitrogens with zero attached hydrogens (tertiary/aromatic N) is 3. The van der Waals surface area contributed by atoms with E-state index >= 15 is 0 Å². The first-order chi connectivity index (χ1) is 14.5. The van der Waals surface area contributed by atoms with Crippen LogP contribution < -0.4 is 0 Å². The smallest absolute Gasteiger partial charge is 0.243 e. The maximum Gasteiger partial charge on any atom is 0.243 e. The molecule has 2 aliphatic rings. The third-order valence-electron chi connectivity index (χ3n) is 6.11. The van der Waals surface area contributed by atoms with E-state index in [0.29, 0.717) is 68.1 Å². The van der Waals surface area contributed by atoms with Crippen molar-refractivity contribution in [1.29, 1.82) is 0 Å². The fourth-order valence-corrected chi connectivity index (χ4v) is 5.90. The molecule has 0 aliphatic carbocycles. The van der Waals surface area contributed by atoms with Crippen LogP contribution in [0.25, 0.3) is 0 Å². The molecule has 0 radical (unpaired) electrons. The summed E-state index contributed by atoms with van der Waals surface area (Å²) in [6.07, 6.45) is 4.63. The van der Waals surface area contributed by atoms with Crippen molar-refractivity contribution in [3.05, 3.63) is 42.0 Å². The van der Waals surface area contributed by atoms with Gasteiger partial charge >= 0.3 is 0 Å². The molecule has 164 valence electrons. The summed E-state index contributed by atoms with van der Waals surface area (Å²) >= 11 is 0. The SMILES string of the molecule is COCCc1noc(CC2CCOC3(CCN(S(=O)(=O)c4ccccc4)CC3)C2)n1. The molecule has 1 spiro atoms. The number of aromatic nitrogens is 2. The van der Waals surface area contributed by atoms with Gasteiger partial charge in [-0.1, -0.05) is 23.4 Å². The first kappa shape index (κ1) is 21.4. The van der Waals surface area contributed by atoms with Crippen molar-refractivity contribution in [3.8, 4) is 0 Å². The summed E-state index contributed by atoms with van der Waals surface area (Å²) in [4.78, 5) is 4.82. The lowest BCUT2D eigenvalue weighted by Gasteiger charge is -2.45. The van der Waals surface area contributed by atoms with Gasteiger partial charge in [0.1, 0.15) is 0 Å². The van der Waals surface area contributed by atoms with Crippen molar-refractivity contribution in [2.24, 2.45) is 5.92 Å². The lowest BCUT2D eigenvalue weighted by atomic mass is 9.79. The monoisotopic (exact) mass is 435 g/mol. The molecule has 4 rings (SSSR count). The summed E-state index contributed by atoms with van der Waals surface area (Å²) in [7, 11) is -1.80. The van der Waals surface area contributed by atoms with Crippen LogP contribution in [0.5, 0.6) is 0 Å². The maximum atomic E-state index is 12.9. The van der Waals surface area contributed by atoms with Crippen LogP contribution in [0.4, 0.5) is 0 Å². The standard InChI is InChI=1S/C21H29N3O5S/c1-27-13-8-19-22-20(29-23-19)15-17-7-14-28-21(16-17)9-11-24(12-10-21)30(25,26)18-5-3-2-4-6-18/h2-6,17H,7-16H2,1H3. The minimum absolute atomic E-state index is 0.259. The number of ether oxygens (including phenoxy) is 2. The number of piperidine rings is 1. The second-order valence-electron chi connectivity index (χ2n) is 8.16. The number of sulfonamides is 1. The van der Waals surface area contributed by atoms with Crippen molar-refractivity contribution >= 4 is 10.0 Å². The summed E-state index contributed by atoms with van der Waals surface area (Å²) in [5.41, 5.74) is -0.259. The third kappa shape index (κ3) is 4.74. The molecule has 0 N–H and O–H groups in total. The molecule has 8 nitrogen and oxygen atoms in total. The van der Waals surface area contributed by atoms with E-state index in [4.69, 9.17) is 14.0 Å². The zero-order chi connectivity index (χ0) is 21.0. The summed E-state index contributed by atoms with van der Waals surface area (Å²) in [5, 5.41) is 4.02. The van der Waals surface area contributed by atoms with Gasteiger partial charge in [0.05, 0.1) is 17.1 Å². The number of benzene rings is 1. The van der Waals surface area contributed by atoms with Gasteiger partial charge in [-0.3, -0.25) is 0 Å². The first-order valence-corrected chi connectivity index (χ1v) is 11.9. The van der Waals surface area contributed by atoms with Crippen molar-refractivity contribution in [3.63, 3.8) is 0 Å². The van der Waals surface area contributed by atoms with Crippen molar-refractivity contribution in [2.45, 2.75) is 49.0 Å². The Labute approximate surface area is 177 Å². The quantitative estimate of drug-likeness (QED) is 0.659. The third-order valence-corrected chi connectivity index (χ3v) is 8.03. The largest absolute Gasteiger partial charge is 0.384 e. The molecule has 0 saturated carbocycles. The molecule has 0 amide bonds. The molecule has 2 aromatic rings. The maximum absolute atomic E-state index is 12.9. The van der Waals surface area contributed by atoms with Gasteiger partial charge in [-0.25, -0.2) is 8.42 Å². The average Bonchev–Trinajstić information content (AvgIpc) is 3.20. The Bertz CT molecular complexity index is 923. The number of hydrogen-bond donors (Lipinski definition) is 0. The van der Waals surface area contributed by atoms with Crippen molar-refractivity contribution in [2.75, 3.05) is 33.4 Å². The second kappa shape index (κ2) is 9.13. The van der Waals surface area contributed by atoms with E-state index < -0.39 is 10.0 Å². The summed E-state index contributed by atoms with van der Waals surface area (Å²) < 4.78 is 44.0. The van der Waals surface area contributed by atoms with Gasteiger partial charge in [0.2, 0.25) is 15.9 Å². The Balaban J connectivity index is 1.35. The Kier molecular flexibility index (Phi) is 6.52. The molecule has 0 bridgehead atoms. The minimum atomic E-state index is -3.45. The molecule has 1 atom stereocenters. The number of hydrogen-bond acceptors (Lipinski definition) is 7. The lowest BCUT2D eigenvalue weighted by molar-refractivity contribution is -0.121. The summed E-state index contributed by atoms with van der Waals surface area (Å²) in [5.74, 6) is 1.73. The molecule has 2 fully saturated rings. The average molecular weight is 436 g/mol. The van der Waals surface area contributed by atoms with E-state index in [1.54, 1.807) is 35.7 Å². The van der Waals surface area contributed by atoms with Gasteiger partial charge < -0.3 is 14.0 Å². The van der Waals surface area contributed by atoms with Crippen LogP contribution in [0.1, 0.15) is 37.4 Å². The van der Waals surface area contributed by atoms with Gasteiger partial charge in [-0.05, 0) is 43.7 Å². The van der Waals surface area contributed by atoms with E-state index in [2.05, 4.69) is 10.1 Å². The molecular weight excluding hydrogens is 406 g/mol. The van der Waals surface area contributed by atoms with Crippen LogP contribution in [0.15, 0.2) is 39.8 Å². The Morgan fingerprint density at radius 2 is 2.00 bits per heavy atom. The molecular formula is C21H29N3O5S. The molecule has 2 saturated heterocycles. The lowest BCUT2D eigenvalue weighted by Crippen LogP contribution is -2.50. The van der Waals surface area contributed by atoms with Gasteiger partial charge in [-0.15, -0.1) is 0 Å². The van der Waals surface area contributed by atoms with E-state index in [9.17, 15) is 8.42 Å². The fraction of sp³-hybridized carbons (Fsp3) is 0.619. The zero-order valence-corrected chi connectivity index (χ0v) is 18.1. The summed E-state index contributed by atoms with van der Waals surface area (Å²) in [6.45, 7) is 2.21. The molecule has 2 aliphatic heterocycles. The highest BCUT2D eigenvalue weighted by atomic mass is 32.2. The Morgan fingerprint density at radius 1 is 1.23 bits per heavy atom. The van der Waals surface area contributed by atoms with Crippen molar-refractivity contribution < 1.29 is 22.4 Å². The Morgan fingerprint density at radius 3 is 2.73 bits per heavy atom.